The lowest BCUT2D eigenvalue weighted by Gasteiger charge is -2.26. The summed E-state index contributed by atoms with van der Waals surface area (Å²) in [5.74, 6) is -0.956. The highest BCUT2D eigenvalue weighted by molar-refractivity contribution is 5.86. The van der Waals surface area contributed by atoms with Crippen molar-refractivity contribution in [3.05, 3.63) is 12.2 Å². The first kappa shape index (κ1) is 13.7. The van der Waals surface area contributed by atoms with Crippen LogP contribution in [0.3, 0.4) is 0 Å². The number of carbonyl (C=O) groups is 2. The summed E-state index contributed by atoms with van der Waals surface area (Å²) in [6.45, 7) is 0.725. The Hall–Kier alpha value is -1.32. The van der Waals surface area contributed by atoms with Gasteiger partial charge in [-0.05, 0) is 37.0 Å². The molecule has 0 saturated heterocycles. The molecule has 3 aliphatic carbocycles. The monoisotopic (exact) mass is 277 g/mol. The molecule has 3 aliphatic rings. The Morgan fingerprint density at radius 1 is 1.05 bits per heavy atom. The number of nitrogens with one attached hydrogen (secondary N) is 1. The standard InChI is InChI=1S/C16H23NO3/c18-15(17-9-10-4-2-1-3-5-10)13-11-6-7-12(8-11)14(13)16(19)20/h6-7,10-14H,1-5,8-9H2,(H,17,18)(H,19,20)/t11-,12+,13+,14+/m1/s1. The molecule has 0 unspecified atom stereocenters. The lowest BCUT2D eigenvalue weighted by Crippen LogP contribution is -2.42. The summed E-state index contributed by atoms with van der Waals surface area (Å²) in [7, 11) is 0. The number of carbonyl (C=O) groups excluding carboxylic acids is 1. The molecule has 0 aromatic carbocycles. The summed E-state index contributed by atoms with van der Waals surface area (Å²) in [6.07, 6.45) is 11.1. The molecule has 0 aromatic heterocycles. The van der Waals surface area contributed by atoms with Crippen molar-refractivity contribution in [3.8, 4) is 0 Å². The zero-order chi connectivity index (χ0) is 14.1. The molecule has 0 aliphatic heterocycles. The van der Waals surface area contributed by atoms with Gasteiger partial charge >= 0.3 is 5.97 Å². The van der Waals surface area contributed by atoms with Gasteiger partial charge in [-0.15, -0.1) is 0 Å². The van der Waals surface area contributed by atoms with E-state index in [2.05, 4.69) is 5.32 Å². The summed E-state index contributed by atoms with van der Waals surface area (Å²) >= 11 is 0. The van der Waals surface area contributed by atoms with Crippen LogP contribution < -0.4 is 5.32 Å². The number of rotatable bonds is 4. The largest absolute Gasteiger partial charge is 0.481 e. The van der Waals surface area contributed by atoms with Crippen LogP contribution in [-0.2, 0) is 9.59 Å². The van der Waals surface area contributed by atoms with Crippen molar-refractivity contribution in [1.29, 1.82) is 0 Å². The SMILES string of the molecule is O=C(NCC1CCCCC1)[C@@H]1[C@@H](C(=O)O)[C@H]2C=C[C@@H]1C2. The molecule has 0 heterocycles. The number of fused-ring (bicyclic) bond motifs is 2. The van der Waals surface area contributed by atoms with Gasteiger partial charge in [0, 0.05) is 6.54 Å². The molecule has 4 atom stereocenters. The maximum atomic E-state index is 12.4. The normalized spacial score (nSPS) is 36.2. The summed E-state index contributed by atoms with van der Waals surface area (Å²) in [5.41, 5.74) is 0. The first-order chi connectivity index (χ1) is 9.66. The third kappa shape index (κ3) is 2.48. The molecule has 2 saturated carbocycles. The fourth-order valence-electron chi connectivity index (χ4n) is 4.27. The molecule has 1 amide bonds. The van der Waals surface area contributed by atoms with Gasteiger partial charge in [-0.1, -0.05) is 31.4 Å². The van der Waals surface area contributed by atoms with Gasteiger partial charge in [0.1, 0.15) is 0 Å². The molecular formula is C16H23NO3. The zero-order valence-corrected chi connectivity index (χ0v) is 11.8. The van der Waals surface area contributed by atoms with Gasteiger partial charge in [-0.25, -0.2) is 0 Å². The zero-order valence-electron chi connectivity index (χ0n) is 11.8. The predicted octanol–water partition coefficient (Wildman–Crippen LogP) is 2.21. The first-order valence-electron chi connectivity index (χ1n) is 7.85. The first-order valence-corrected chi connectivity index (χ1v) is 7.85. The maximum Gasteiger partial charge on any atom is 0.307 e. The van der Waals surface area contributed by atoms with Crippen LogP contribution in [0.15, 0.2) is 12.2 Å². The van der Waals surface area contributed by atoms with E-state index in [0.717, 1.165) is 13.0 Å². The molecule has 0 radical (unpaired) electrons. The lowest BCUT2D eigenvalue weighted by atomic mass is 9.82. The van der Waals surface area contributed by atoms with Crippen LogP contribution in [0.5, 0.6) is 0 Å². The highest BCUT2D eigenvalue weighted by Gasteiger charge is 2.51. The van der Waals surface area contributed by atoms with Gasteiger partial charge in [0.15, 0.2) is 0 Å². The highest BCUT2D eigenvalue weighted by atomic mass is 16.4. The molecule has 3 rings (SSSR count). The average Bonchev–Trinajstić information content (AvgIpc) is 3.06. The van der Waals surface area contributed by atoms with E-state index in [4.69, 9.17) is 0 Å². The maximum absolute atomic E-state index is 12.4. The van der Waals surface area contributed by atoms with E-state index >= 15 is 0 Å². The van der Waals surface area contributed by atoms with E-state index in [9.17, 15) is 14.7 Å². The van der Waals surface area contributed by atoms with Crippen LogP contribution in [-0.4, -0.2) is 23.5 Å². The molecule has 2 bridgehead atoms. The number of hydrogen-bond donors (Lipinski definition) is 2. The second kappa shape index (κ2) is 5.58. The van der Waals surface area contributed by atoms with Crippen LogP contribution in [0.4, 0.5) is 0 Å². The van der Waals surface area contributed by atoms with Gasteiger partial charge in [0.2, 0.25) is 5.91 Å². The predicted molar refractivity (Wildman–Crippen MR) is 74.9 cm³/mol. The van der Waals surface area contributed by atoms with E-state index in [-0.39, 0.29) is 23.7 Å². The molecule has 20 heavy (non-hydrogen) atoms. The van der Waals surface area contributed by atoms with Crippen molar-refractivity contribution in [3.63, 3.8) is 0 Å². The van der Waals surface area contributed by atoms with E-state index in [1.165, 1.54) is 32.1 Å². The third-order valence-electron chi connectivity index (χ3n) is 5.34. The molecule has 4 heteroatoms. The summed E-state index contributed by atoms with van der Waals surface area (Å²) in [6, 6.07) is 0. The summed E-state index contributed by atoms with van der Waals surface area (Å²) < 4.78 is 0. The van der Waals surface area contributed by atoms with Crippen LogP contribution >= 0.6 is 0 Å². The Morgan fingerprint density at radius 2 is 1.70 bits per heavy atom. The number of carboxylic acids is 1. The molecule has 2 fully saturated rings. The highest BCUT2D eigenvalue weighted by Crippen LogP contribution is 2.48. The number of allylic oxidation sites excluding steroid dienone is 2. The molecule has 110 valence electrons. The van der Waals surface area contributed by atoms with Crippen LogP contribution in [0.1, 0.15) is 38.5 Å². The fraction of sp³-hybridized carbons (Fsp3) is 0.750. The third-order valence-corrected chi connectivity index (χ3v) is 5.34. The van der Waals surface area contributed by atoms with Gasteiger partial charge in [-0.2, -0.15) is 0 Å². The Kier molecular flexibility index (Phi) is 3.81. The van der Waals surface area contributed by atoms with E-state index < -0.39 is 11.9 Å². The van der Waals surface area contributed by atoms with Crippen LogP contribution in [0.25, 0.3) is 0 Å². The van der Waals surface area contributed by atoms with Crippen molar-refractivity contribution in [2.24, 2.45) is 29.6 Å². The van der Waals surface area contributed by atoms with Crippen molar-refractivity contribution < 1.29 is 14.7 Å². The van der Waals surface area contributed by atoms with Gasteiger partial charge < -0.3 is 10.4 Å². The summed E-state index contributed by atoms with van der Waals surface area (Å²) in [5, 5.41) is 12.4. The van der Waals surface area contributed by atoms with E-state index in [0.29, 0.717) is 5.92 Å². The molecule has 0 spiro atoms. The Balaban J connectivity index is 1.58. The topological polar surface area (TPSA) is 66.4 Å². The van der Waals surface area contributed by atoms with Crippen molar-refractivity contribution in [1.82, 2.24) is 5.32 Å². The molecule has 2 N–H and O–H groups in total. The minimum Gasteiger partial charge on any atom is -0.481 e. The minimum absolute atomic E-state index is 0.0418. The van der Waals surface area contributed by atoms with Crippen LogP contribution in [0, 0.1) is 29.6 Å². The van der Waals surface area contributed by atoms with Gasteiger partial charge in [0.05, 0.1) is 11.8 Å². The Labute approximate surface area is 119 Å². The Morgan fingerprint density at radius 3 is 2.35 bits per heavy atom. The lowest BCUT2D eigenvalue weighted by molar-refractivity contribution is -0.147. The van der Waals surface area contributed by atoms with Crippen molar-refractivity contribution >= 4 is 11.9 Å². The molecule has 4 nitrogen and oxygen atoms in total. The summed E-state index contributed by atoms with van der Waals surface area (Å²) in [4.78, 5) is 23.8. The second-order valence-electron chi connectivity index (χ2n) is 6.59. The smallest absolute Gasteiger partial charge is 0.307 e. The number of aliphatic carboxylic acids is 1. The van der Waals surface area contributed by atoms with Crippen LogP contribution in [0.2, 0.25) is 0 Å². The Bertz CT molecular complexity index is 425. The number of carboxylic acid groups (broad SMARTS) is 1. The second-order valence-corrected chi connectivity index (χ2v) is 6.59. The molecule has 0 aromatic rings. The number of amides is 1. The average molecular weight is 277 g/mol. The van der Waals surface area contributed by atoms with Gasteiger partial charge in [0.25, 0.3) is 0 Å². The van der Waals surface area contributed by atoms with E-state index in [1.54, 1.807) is 0 Å². The number of hydrogen-bond acceptors (Lipinski definition) is 2. The minimum atomic E-state index is -0.820. The molecular weight excluding hydrogens is 254 g/mol. The van der Waals surface area contributed by atoms with Crippen molar-refractivity contribution in [2.45, 2.75) is 38.5 Å². The quantitative estimate of drug-likeness (QED) is 0.774. The fourth-order valence-corrected chi connectivity index (χ4v) is 4.27. The van der Waals surface area contributed by atoms with E-state index in [1.807, 2.05) is 12.2 Å². The van der Waals surface area contributed by atoms with Gasteiger partial charge in [-0.3, -0.25) is 9.59 Å². The van der Waals surface area contributed by atoms with Crippen molar-refractivity contribution in [2.75, 3.05) is 6.54 Å².